The van der Waals surface area contributed by atoms with E-state index in [9.17, 15) is 27.8 Å². The Kier molecular flexibility index (Phi) is 7.37. The molecular weight excluding hydrogens is 512 g/mol. The molecule has 11 heteroatoms. The van der Waals surface area contributed by atoms with Crippen molar-refractivity contribution in [3.05, 3.63) is 93.5 Å². The van der Waals surface area contributed by atoms with E-state index in [1.54, 1.807) is 36.4 Å². The fraction of sp³-hybridized carbons (Fsp3) is 0.0800. The first-order valence-corrected chi connectivity index (χ1v) is 11.7. The van der Waals surface area contributed by atoms with E-state index in [-0.39, 0.29) is 11.3 Å². The Labute approximate surface area is 208 Å². The lowest BCUT2D eigenvalue weighted by Crippen LogP contribution is -2.10. The molecule has 0 aliphatic carbocycles. The first kappa shape index (κ1) is 25.3. The van der Waals surface area contributed by atoms with Crippen molar-refractivity contribution in [1.82, 2.24) is 0 Å². The van der Waals surface area contributed by atoms with Crippen LogP contribution in [0, 0.1) is 15.6 Å². The second-order valence-electron chi connectivity index (χ2n) is 7.71. The summed E-state index contributed by atoms with van der Waals surface area (Å²) in [6.45, 7) is 0. The van der Waals surface area contributed by atoms with E-state index in [4.69, 9.17) is 4.74 Å². The van der Waals surface area contributed by atoms with Crippen molar-refractivity contribution in [2.24, 2.45) is 10.4 Å². The zero-order valence-corrected chi connectivity index (χ0v) is 20.3. The van der Waals surface area contributed by atoms with Crippen molar-refractivity contribution in [1.29, 1.82) is 0 Å². The number of hydrogen-bond acceptors (Lipinski definition) is 6. The molecule has 1 amide bonds. The molecule has 4 aromatic rings. The van der Waals surface area contributed by atoms with Crippen LogP contribution in [0.1, 0.15) is 11.1 Å². The van der Waals surface area contributed by atoms with Crippen molar-refractivity contribution in [3.63, 3.8) is 0 Å². The Balaban J connectivity index is 1.81. The molecule has 1 heterocycles. The molecule has 0 aliphatic heterocycles. The van der Waals surface area contributed by atoms with Crippen LogP contribution in [0.3, 0.4) is 0 Å². The SMILES string of the molecule is O=NC(=O)/C=C/c1ccc(Oc2c(-c3ccc(F)cc3CC(F)(F)P)sc3cc(N=O)ccc23)cc1. The van der Waals surface area contributed by atoms with Gasteiger partial charge in [-0.3, -0.25) is 4.79 Å². The summed E-state index contributed by atoms with van der Waals surface area (Å²) in [7, 11) is 1.46. The average molecular weight is 528 g/mol. The lowest BCUT2D eigenvalue weighted by Gasteiger charge is -2.15. The smallest absolute Gasteiger partial charge is 0.309 e. The number of amides is 1. The van der Waals surface area contributed by atoms with Crippen LogP contribution in [-0.2, 0) is 11.2 Å². The van der Waals surface area contributed by atoms with E-state index in [1.165, 1.54) is 44.9 Å². The highest BCUT2D eigenvalue weighted by Crippen LogP contribution is 2.49. The summed E-state index contributed by atoms with van der Waals surface area (Å²) in [5, 5.41) is 5.85. The van der Waals surface area contributed by atoms with E-state index in [2.05, 4.69) is 10.4 Å². The Morgan fingerprint density at radius 3 is 2.47 bits per heavy atom. The van der Waals surface area contributed by atoms with Gasteiger partial charge in [0, 0.05) is 27.8 Å². The molecule has 0 N–H and O–H groups in total. The van der Waals surface area contributed by atoms with Gasteiger partial charge in [-0.2, -0.15) is 0 Å². The maximum atomic E-state index is 14.0. The molecule has 1 atom stereocenters. The number of rotatable bonds is 8. The topological polar surface area (TPSA) is 85.2 Å². The number of alkyl halides is 2. The van der Waals surface area contributed by atoms with E-state index >= 15 is 0 Å². The molecule has 0 bridgehead atoms. The lowest BCUT2D eigenvalue weighted by atomic mass is 10.0. The molecule has 1 unspecified atom stereocenters. The molecule has 1 aromatic heterocycles. The quantitative estimate of drug-likeness (QED) is 0.131. The van der Waals surface area contributed by atoms with Gasteiger partial charge in [0.25, 0.3) is 5.66 Å². The summed E-state index contributed by atoms with van der Waals surface area (Å²) < 4.78 is 48.5. The zero-order chi connectivity index (χ0) is 25.9. The Morgan fingerprint density at radius 1 is 1.06 bits per heavy atom. The molecule has 182 valence electrons. The minimum absolute atomic E-state index is 0.0917. The van der Waals surface area contributed by atoms with Crippen LogP contribution in [0.25, 0.3) is 26.6 Å². The van der Waals surface area contributed by atoms with Crippen LogP contribution in [-0.4, -0.2) is 11.6 Å². The number of fused-ring (bicyclic) bond motifs is 1. The van der Waals surface area contributed by atoms with Crippen molar-refractivity contribution in [2.75, 3.05) is 0 Å². The Bertz CT molecular complexity index is 1500. The molecule has 0 radical (unpaired) electrons. The first-order chi connectivity index (χ1) is 17.2. The Morgan fingerprint density at radius 2 is 1.81 bits per heavy atom. The predicted octanol–water partition coefficient (Wildman–Crippen LogP) is 8.21. The summed E-state index contributed by atoms with van der Waals surface area (Å²) in [4.78, 5) is 32.8. The van der Waals surface area contributed by atoms with Crippen molar-refractivity contribution in [3.8, 4) is 21.9 Å². The summed E-state index contributed by atoms with van der Waals surface area (Å²) in [6, 6.07) is 14.9. The third kappa shape index (κ3) is 5.90. The largest absolute Gasteiger partial charge is 0.455 e. The zero-order valence-electron chi connectivity index (χ0n) is 18.3. The number of carbonyl (C=O) groups is 1. The monoisotopic (exact) mass is 528 g/mol. The molecule has 6 nitrogen and oxygen atoms in total. The van der Waals surface area contributed by atoms with E-state index in [0.717, 1.165) is 12.1 Å². The van der Waals surface area contributed by atoms with E-state index < -0.39 is 23.8 Å². The van der Waals surface area contributed by atoms with Crippen molar-refractivity contribution >= 4 is 48.3 Å². The van der Waals surface area contributed by atoms with Crippen molar-refractivity contribution in [2.45, 2.75) is 12.1 Å². The van der Waals surface area contributed by atoms with Gasteiger partial charge in [0.05, 0.1) is 4.88 Å². The van der Waals surface area contributed by atoms with Crippen LogP contribution in [0.2, 0.25) is 0 Å². The van der Waals surface area contributed by atoms with Gasteiger partial charge in [-0.1, -0.05) is 27.4 Å². The molecule has 0 saturated carbocycles. The average Bonchev–Trinajstić information content (AvgIpc) is 3.19. The number of nitrogens with zero attached hydrogens (tertiary/aromatic N) is 2. The number of ether oxygens (including phenoxy) is 1. The summed E-state index contributed by atoms with van der Waals surface area (Å²) in [5.41, 5.74) is -1.89. The summed E-state index contributed by atoms with van der Waals surface area (Å²) in [6.07, 6.45) is 1.74. The number of thiophene rings is 1. The molecule has 4 rings (SSSR count). The summed E-state index contributed by atoms with van der Waals surface area (Å²) in [5.74, 6) is -0.826. The van der Waals surface area contributed by atoms with Crippen molar-refractivity contribution < 1.29 is 22.7 Å². The minimum atomic E-state index is -3.15. The lowest BCUT2D eigenvalue weighted by molar-refractivity contribution is -0.113. The highest BCUT2D eigenvalue weighted by Gasteiger charge is 2.26. The van der Waals surface area contributed by atoms with Crippen LogP contribution in [0.15, 0.2) is 77.1 Å². The third-order valence-electron chi connectivity index (χ3n) is 5.08. The van der Waals surface area contributed by atoms with Gasteiger partial charge in [-0.15, -0.1) is 21.2 Å². The highest BCUT2D eigenvalue weighted by molar-refractivity contribution is 7.22. The van der Waals surface area contributed by atoms with Gasteiger partial charge in [-0.05, 0) is 70.4 Å². The Hall–Kier alpha value is -3.75. The van der Waals surface area contributed by atoms with Gasteiger partial charge in [-0.25, -0.2) is 13.2 Å². The minimum Gasteiger partial charge on any atom is -0.455 e. The maximum absolute atomic E-state index is 14.0. The third-order valence-corrected chi connectivity index (χ3v) is 6.45. The molecular formula is C25H16F3N2O4PS. The van der Waals surface area contributed by atoms with Gasteiger partial charge in [0.2, 0.25) is 0 Å². The van der Waals surface area contributed by atoms with Gasteiger partial charge in [0.1, 0.15) is 17.3 Å². The second-order valence-corrected chi connectivity index (χ2v) is 9.60. The fourth-order valence-electron chi connectivity index (χ4n) is 3.54. The predicted molar refractivity (Wildman–Crippen MR) is 137 cm³/mol. The van der Waals surface area contributed by atoms with Crippen LogP contribution in [0.5, 0.6) is 11.5 Å². The fourth-order valence-corrected chi connectivity index (χ4v) is 4.99. The molecule has 0 aliphatic rings. The van der Waals surface area contributed by atoms with E-state index in [0.29, 0.717) is 37.6 Å². The molecule has 3 aromatic carbocycles. The van der Waals surface area contributed by atoms with Crippen LogP contribution < -0.4 is 4.74 Å². The number of hydrogen-bond donors (Lipinski definition) is 0. The van der Waals surface area contributed by atoms with Gasteiger partial charge >= 0.3 is 5.91 Å². The summed E-state index contributed by atoms with van der Waals surface area (Å²) >= 11 is 1.20. The molecule has 0 spiro atoms. The number of nitroso groups, excluding NO2 is 2. The van der Waals surface area contributed by atoms with Gasteiger partial charge < -0.3 is 4.74 Å². The number of carbonyl (C=O) groups excluding carboxylic acids is 1. The highest BCUT2D eigenvalue weighted by atomic mass is 32.1. The van der Waals surface area contributed by atoms with Crippen LogP contribution in [0.4, 0.5) is 18.9 Å². The maximum Gasteiger partial charge on any atom is 0.309 e. The first-order valence-electron chi connectivity index (χ1n) is 10.4. The standard InChI is InChI=1S/C25H16F3N2O4PS/c26-16-4-8-19(15(11-16)13-25(27,28)35)24-23(20-9-5-17(29-32)12-21(20)36-24)34-18-6-1-14(2-7-18)3-10-22(31)30-33/h1-12H,13,35H2/b10-3+. The normalized spacial score (nSPS) is 11.7. The number of benzene rings is 3. The molecule has 0 fully saturated rings. The number of halogens is 3. The van der Waals surface area contributed by atoms with Crippen LogP contribution >= 0.6 is 20.6 Å². The molecule has 0 saturated heterocycles. The van der Waals surface area contributed by atoms with E-state index in [1.807, 2.05) is 0 Å². The molecule has 36 heavy (non-hydrogen) atoms. The second kappa shape index (κ2) is 10.5. The van der Waals surface area contributed by atoms with Gasteiger partial charge in [0.15, 0.2) is 5.75 Å².